The summed E-state index contributed by atoms with van der Waals surface area (Å²) in [7, 11) is -2.86. The van der Waals surface area contributed by atoms with Gasteiger partial charge in [-0.05, 0) is 0 Å². The van der Waals surface area contributed by atoms with Gasteiger partial charge in [-0.25, -0.2) is 0 Å². The van der Waals surface area contributed by atoms with Crippen LogP contribution in [0.25, 0.3) is 28.6 Å². The van der Waals surface area contributed by atoms with Crippen molar-refractivity contribution < 1.29 is 0 Å². The van der Waals surface area contributed by atoms with Crippen molar-refractivity contribution in [3.8, 4) is 9.75 Å². The van der Waals surface area contributed by atoms with Crippen LogP contribution in [0.1, 0.15) is 233 Å². The molecule has 1 aliphatic heterocycles. The average molecular weight is 1060 g/mol. The predicted octanol–water partition coefficient (Wildman–Crippen LogP) is 20.7. The number of fused-ring (bicyclic) bond motifs is 7. The van der Waals surface area contributed by atoms with Gasteiger partial charge < -0.3 is 0 Å². The molecule has 2 unspecified atom stereocenters. The summed E-state index contributed by atoms with van der Waals surface area (Å²) in [6.07, 6.45) is 46.3. The Kier molecular flexibility index (Phi) is 25.1. The molecule has 0 aliphatic carbocycles. The number of unbranched alkanes of at least 4 members (excludes halogenated alkanes) is 24. The molecule has 1 aliphatic rings. The van der Waals surface area contributed by atoms with Crippen molar-refractivity contribution in [1.82, 2.24) is 0 Å². The number of thiophene rings is 4. The van der Waals surface area contributed by atoms with Gasteiger partial charge in [-0.3, -0.25) is 0 Å². The van der Waals surface area contributed by atoms with Crippen LogP contribution in [0.15, 0.2) is 12.1 Å². The van der Waals surface area contributed by atoms with Gasteiger partial charge in [-0.15, -0.1) is 0 Å². The second-order valence-electron chi connectivity index (χ2n) is 23.6. The molecule has 5 heterocycles. The third-order valence-electron chi connectivity index (χ3n) is 15.5. The molecule has 4 aromatic heterocycles. The first-order valence-corrected chi connectivity index (χ1v) is 43.9. The average Bonchev–Trinajstić information content (AvgIpc) is 4.07. The first kappa shape index (κ1) is 56.2. The van der Waals surface area contributed by atoms with Gasteiger partial charge in [-0.1, -0.05) is 0 Å². The minimum absolute atomic E-state index is 0.899. The standard InChI is InChI=1S/C58H102GeS4Si2/c1-11-15-19-23-27-29-33-37-41-47(39-35-31-25-21-17-13-3)45-59(46-48(40-36-32-26-22-18-14-4)42-38-34-30-28-24-20-16-12-2)53-55-49(43-51(62-55)64(5,6)7)60-57(53)58-54(59)56-50(61-58)44-52(63-56)65(8,9)10/h43-44,47-48H,11-42,45-46H2,1-10H3. The molecule has 7 heteroatoms. The van der Waals surface area contributed by atoms with Gasteiger partial charge in [0.15, 0.2) is 0 Å². The van der Waals surface area contributed by atoms with E-state index >= 15 is 0 Å². The van der Waals surface area contributed by atoms with Gasteiger partial charge >= 0.3 is 428 Å². The quantitative estimate of drug-likeness (QED) is 0.0310. The van der Waals surface area contributed by atoms with Crippen molar-refractivity contribution in [3.05, 3.63) is 12.1 Å². The second kappa shape index (κ2) is 29.0. The van der Waals surface area contributed by atoms with Gasteiger partial charge in [0.25, 0.3) is 0 Å². The molecule has 0 amide bonds. The summed E-state index contributed by atoms with van der Waals surface area (Å²) >= 11 is 6.19. The van der Waals surface area contributed by atoms with Crippen molar-refractivity contribution in [1.29, 1.82) is 0 Å². The Morgan fingerprint density at radius 2 is 0.631 bits per heavy atom. The summed E-state index contributed by atoms with van der Waals surface area (Å²) in [5.41, 5.74) is 0. The van der Waals surface area contributed by atoms with Gasteiger partial charge in [0.2, 0.25) is 0 Å². The molecular weight excluding hydrogens is 954 g/mol. The third kappa shape index (κ3) is 16.7. The van der Waals surface area contributed by atoms with E-state index in [-0.39, 0.29) is 0 Å². The fraction of sp³-hybridized carbons (Fsp3) is 0.793. The number of rotatable bonds is 38. The van der Waals surface area contributed by atoms with Crippen molar-refractivity contribution >= 4 is 111 Å². The summed E-state index contributed by atoms with van der Waals surface area (Å²) in [6.45, 7) is 25.2. The summed E-state index contributed by atoms with van der Waals surface area (Å²) in [5, 5.41) is 3.18. The molecule has 0 aromatic carbocycles. The van der Waals surface area contributed by atoms with E-state index in [2.05, 4.69) is 133 Å². The zero-order chi connectivity index (χ0) is 46.7. The molecule has 4 aromatic rings. The number of hydrogen-bond acceptors (Lipinski definition) is 4. The Morgan fingerprint density at radius 3 is 0.892 bits per heavy atom. The molecule has 65 heavy (non-hydrogen) atoms. The normalized spacial score (nSPS) is 14.9. The van der Waals surface area contributed by atoms with E-state index < -0.39 is 29.4 Å². The van der Waals surface area contributed by atoms with E-state index in [4.69, 9.17) is 0 Å². The van der Waals surface area contributed by atoms with E-state index in [9.17, 15) is 0 Å². The van der Waals surface area contributed by atoms with E-state index in [1.807, 2.05) is 19.2 Å². The van der Waals surface area contributed by atoms with Gasteiger partial charge in [0, 0.05) is 0 Å². The Bertz CT molecular complexity index is 1760. The topological polar surface area (TPSA) is 0 Å². The van der Waals surface area contributed by atoms with Crippen LogP contribution < -0.4 is 17.8 Å². The maximum absolute atomic E-state index is 3.00. The van der Waals surface area contributed by atoms with Crippen LogP contribution in [-0.2, 0) is 0 Å². The van der Waals surface area contributed by atoms with E-state index in [0.29, 0.717) is 0 Å². The van der Waals surface area contributed by atoms with E-state index in [1.54, 1.807) is 28.9 Å². The monoisotopic (exact) mass is 1060 g/mol. The van der Waals surface area contributed by atoms with Crippen LogP contribution in [0.2, 0.25) is 49.8 Å². The summed E-state index contributed by atoms with van der Waals surface area (Å²) in [5.74, 6) is 1.80. The van der Waals surface area contributed by atoms with Crippen LogP contribution in [-0.4, -0.2) is 29.4 Å². The maximum atomic E-state index is 2.74. The fourth-order valence-corrected chi connectivity index (χ4v) is 39.8. The zero-order valence-corrected chi connectivity index (χ0v) is 51.8. The summed E-state index contributed by atoms with van der Waals surface area (Å²) in [4.78, 5) is 3.62. The first-order chi connectivity index (χ1) is 31.4. The van der Waals surface area contributed by atoms with Crippen LogP contribution >= 0.6 is 45.3 Å². The molecule has 0 saturated heterocycles. The molecule has 0 fully saturated rings. The molecule has 0 saturated carbocycles. The Balaban J connectivity index is 1.59. The molecule has 5 rings (SSSR count). The molecule has 0 N–H and O–H groups in total. The van der Waals surface area contributed by atoms with Gasteiger partial charge in [0.05, 0.1) is 0 Å². The minimum atomic E-state index is -3.00. The van der Waals surface area contributed by atoms with Crippen LogP contribution in [0.4, 0.5) is 0 Å². The number of hydrogen-bond donors (Lipinski definition) is 0. The Morgan fingerprint density at radius 1 is 0.369 bits per heavy atom. The van der Waals surface area contributed by atoms with Crippen LogP contribution in [0.5, 0.6) is 0 Å². The summed E-state index contributed by atoms with van der Waals surface area (Å²) < 4.78 is 14.6. The molecule has 370 valence electrons. The van der Waals surface area contributed by atoms with Crippen LogP contribution in [0, 0.1) is 11.8 Å². The van der Waals surface area contributed by atoms with Gasteiger partial charge in [0.1, 0.15) is 0 Å². The van der Waals surface area contributed by atoms with Crippen LogP contribution in [0.3, 0.4) is 0 Å². The molecule has 0 bridgehead atoms. The molecule has 0 nitrogen and oxygen atoms in total. The molecule has 2 atom stereocenters. The van der Waals surface area contributed by atoms with E-state index in [0.717, 1.165) is 11.8 Å². The van der Waals surface area contributed by atoms with Crippen molar-refractivity contribution in [2.24, 2.45) is 11.8 Å². The fourth-order valence-electron chi connectivity index (χ4n) is 11.6. The molecular formula is C58H102GeS4Si2. The third-order valence-corrected chi connectivity index (χ3v) is 40.6. The predicted molar refractivity (Wildman–Crippen MR) is 316 cm³/mol. The molecule has 0 radical (unpaired) electrons. The second-order valence-corrected chi connectivity index (χ2v) is 46.9. The first-order valence-electron chi connectivity index (χ1n) is 28.5. The molecule has 0 spiro atoms. The summed E-state index contributed by atoms with van der Waals surface area (Å²) in [6, 6.07) is 5.48. The van der Waals surface area contributed by atoms with Crippen molar-refractivity contribution in [2.45, 2.75) is 283 Å². The van der Waals surface area contributed by atoms with Crippen molar-refractivity contribution in [2.75, 3.05) is 0 Å². The van der Waals surface area contributed by atoms with Gasteiger partial charge in [-0.2, -0.15) is 0 Å². The Labute approximate surface area is 424 Å². The van der Waals surface area contributed by atoms with E-state index in [1.165, 1.54) is 205 Å². The zero-order valence-electron chi connectivity index (χ0n) is 44.5. The Hall–Kier alpha value is 0.297. The SMILES string of the molecule is CCCCCCCCCCC(CCCCCCCC)[CH2][Ge]1([CH2]C(CCCCCCCC)CCCCCCCCCC)[c]2c(sc3cc([Si](C)(C)C)sc23)-c2sc3cc([Si](C)(C)C)sc3[c]21. The van der Waals surface area contributed by atoms with Crippen molar-refractivity contribution in [3.63, 3.8) is 0 Å².